The van der Waals surface area contributed by atoms with Gasteiger partial charge >= 0.3 is 0 Å². The molecule has 0 amide bonds. The Morgan fingerprint density at radius 1 is 1.60 bits per heavy atom. The normalized spacial score (nSPS) is 33.0. The van der Waals surface area contributed by atoms with Gasteiger partial charge in [-0.2, -0.15) is 5.48 Å². The highest BCUT2D eigenvalue weighted by atomic mass is 16.6. The van der Waals surface area contributed by atoms with Gasteiger partial charge in [0.2, 0.25) is 0 Å². The third-order valence-corrected chi connectivity index (χ3v) is 1.86. The van der Waals surface area contributed by atoms with Crippen LogP contribution in [0, 0.1) is 0 Å². The molecule has 0 heterocycles. The van der Waals surface area contributed by atoms with Crippen molar-refractivity contribution in [1.82, 2.24) is 5.48 Å². The number of nitrogens with one attached hydrogen (secondary N) is 1. The van der Waals surface area contributed by atoms with Crippen molar-refractivity contribution in [2.45, 2.75) is 38.3 Å². The van der Waals surface area contributed by atoms with Gasteiger partial charge in [-0.1, -0.05) is 0 Å². The molecule has 0 radical (unpaired) electrons. The molecule has 1 saturated carbocycles. The smallest absolute Gasteiger partial charge is 0.0716 e. The van der Waals surface area contributed by atoms with Gasteiger partial charge in [-0.3, -0.25) is 0 Å². The van der Waals surface area contributed by atoms with E-state index in [0.29, 0.717) is 6.61 Å². The molecule has 0 aromatic rings. The Hall–Kier alpha value is -0.120. The summed E-state index contributed by atoms with van der Waals surface area (Å²) in [5.41, 5.74) is 2.83. The van der Waals surface area contributed by atoms with Crippen molar-refractivity contribution in [1.29, 1.82) is 0 Å². The first-order valence-electron chi connectivity index (χ1n) is 3.90. The summed E-state index contributed by atoms with van der Waals surface area (Å²) in [6.07, 6.45) is 2.84. The topological polar surface area (TPSA) is 41.5 Å². The summed E-state index contributed by atoms with van der Waals surface area (Å²) in [7, 11) is 0. The number of aliphatic hydroxyl groups excluding tert-OH is 1. The second-order valence-electron chi connectivity index (χ2n) is 2.66. The van der Waals surface area contributed by atoms with E-state index in [1.54, 1.807) is 0 Å². The molecule has 3 nitrogen and oxygen atoms in total. The average Bonchev–Trinajstić information content (AvgIpc) is 2.31. The number of aliphatic hydroxyl groups is 1. The van der Waals surface area contributed by atoms with Gasteiger partial charge < -0.3 is 9.94 Å². The van der Waals surface area contributed by atoms with Crippen LogP contribution in [-0.4, -0.2) is 23.9 Å². The average molecular weight is 145 g/mol. The maximum absolute atomic E-state index is 9.27. The van der Waals surface area contributed by atoms with Crippen molar-refractivity contribution < 1.29 is 9.94 Å². The fraction of sp³-hybridized carbons (Fsp3) is 1.00. The Morgan fingerprint density at radius 3 is 2.90 bits per heavy atom. The molecule has 0 saturated heterocycles. The second-order valence-corrected chi connectivity index (χ2v) is 2.66. The zero-order chi connectivity index (χ0) is 7.40. The minimum atomic E-state index is -0.202. The SMILES string of the molecule is CCON[C@@H]1CCC[C@H]1O. The molecule has 3 heteroatoms. The van der Waals surface area contributed by atoms with Gasteiger partial charge in [0.25, 0.3) is 0 Å². The van der Waals surface area contributed by atoms with E-state index in [0.717, 1.165) is 19.3 Å². The maximum atomic E-state index is 9.27. The molecule has 60 valence electrons. The molecule has 1 rings (SSSR count). The van der Waals surface area contributed by atoms with E-state index in [1.165, 1.54) is 0 Å². The molecule has 0 bridgehead atoms. The van der Waals surface area contributed by atoms with Crippen LogP contribution >= 0.6 is 0 Å². The molecule has 2 atom stereocenters. The van der Waals surface area contributed by atoms with Crippen LogP contribution in [0.4, 0.5) is 0 Å². The lowest BCUT2D eigenvalue weighted by Crippen LogP contribution is -2.35. The molecule has 2 N–H and O–H groups in total. The highest BCUT2D eigenvalue weighted by Gasteiger charge is 2.24. The molecule has 1 fully saturated rings. The number of hydrogen-bond acceptors (Lipinski definition) is 3. The van der Waals surface area contributed by atoms with E-state index in [9.17, 15) is 5.11 Å². The van der Waals surface area contributed by atoms with Crippen LogP contribution in [0.25, 0.3) is 0 Å². The van der Waals surface area contributed by atoms with Crippen molar-refractivity contribution in [3.8, 4) is 0 Å². The van der Waals surface area contributed by atoms with Crippen LogP contribution in [0.5, 0.6) is 0 Å². The molecule has 10 heavy (non-hydrogen) atoms. The lowest BCUT2D eigenvalue weighted by Gasteiger charge is -2.14. The third-order valence-electron chi connectivity index (χ3n) is 1.86. The summed E-state index contributed by atoms with van der Waals surface area (Å²) in [5.74, 6) is 0. The van der Waals surface area contributed by atoms with E-state index in [2.05, 4.69) is 5.48 Å². The quantitative estimate of drug-likeness (QED) is 0.566. The van der Waals surface area contributed by atoms with Crippen molar-refractivity contribution in [3.05, 3.63) is 0 Å². The molecular weight excluding hydrogens is 130 g/mol. The van der Waals surface area contributed by atoms with Crippen LogP contribution in [0.3, 0.4) is 0 Å². The predicted molar refractivity (Wildman–Crippen MR) is 38.4 cm³/mol. The standard InChI is InChI=1S/C7H15NO2/c1-2-10-8-6-4-3-5-7(6)9/h6-9H,2-5H2,1H3/t6-,7-/m1/s1. The summed E-state index contributed by atoms with van der Waals surface area (Å²) >= 11 is 0. The Bertz CT molecular complexity index is 97.6. The van der Waals surface area contributed by atoms with Crippen LogP contribution in [-0.2, 0) is 4.84 Å². The third kappa shape index (κ3) is 1.94. The molecule has 0 unspecified atom stereocenters. The van der Waals surface area contributed by atoms with Gasteiger partial charge in [0.05, 0.1) is 18.8 Å². The minimum Gasteiger partial charge on any atom is -0.391 e. The summed E-state index contributed by atoms with van der Waals surface area (Å²) in [6, 6.07) is 0.167. The number of rotatable bonds is 3. The first-order valence-corrected chi connectivity index (χ1v) is 3.90. The number of hydroxylamine groups is 1. The summed E-state index contributed by atoms with van der Waals surface area (Å²) in [6.45, 7) is 2.58. The van der Waals surface area contributed by atoms with Gasteiger partial charge in [0.15, 0.2) is 0 Å². The Balaban J connectivity index is 2.14. The van der Waals surface area contributed by atoms with Crippen LogP contribution in [0.15, 0.2) is 0 Å². The first kappa shape index (κ1) is 7.98. The lowest BCUT2D eigenvalue weighted by molar-refractivity contribution is -0.00646. The van der Waals surface area contributed by atoms with Crippen LogP contribution < -0.4 is 5.48 Å². The first-order chi connectivity index (χ1) is 4.84. The summed E-state index contributed by atoms with van der Waals surface area (Å²) in [4.78, 5) is 4.98. The van der Waals surface area contributed by atoms with E-state index in [-0.39, 0.29) is 12.1 Å². The van der Waals surface area contributed by atoms with Crippen LogP contribution in [0.2, 0.25) is 0 Å². The van der Waals surface area contributed by atoms with E-state index in [1.807, 2.05) is 6.92 Å². The van der Waals surface area contributed by atoms with Gasteiger partial charge in [-0.25, -0.2) is 0 Å². The van der Waals surface area contributed by atoms with Gasteiger partial charge in [-0.05, 0) is 26.2 Å². The minimum absolute atomic E-state index is 0.167. The van der Waals surface area contributed by atoms with Crippen molar-refractivity contribution in [2.24, 2.45) is 0 Å². The Morgan fingerprint density at radius 2 is 2.40 bits per heavy atom. The Kier molecular flexibility index (Phi) is 3.12. The fourth-order valence-corrected chi connectivity index (χ4v) is 1.27. The lowest BCUT2D eigenvalue weighted by atomic mass is 10.2. The summed E-state index contributed by atoms with van der Waals surface area (Å²) < 4.78 is 0. The highest BCUT2D eigenvalue weighted by Crippen LogP contribution is 2.18. The molecule has 1 aliphatic rings. The zero-order valence-electron chi connectivity index (χ0n) is 6.34. The molecule has 0 aliphatic heterocycles. The maximum Gasteiger partial charge on any atom is 0.0716 e. The van der Waals surface area contributed by atoms with E-state index < -0.39 is 0 Å². The fourth-order valence-electron chi connectivity index (χ4n) is 1.27. The molecular formula is C7H15NO2. The zero-order valence-corrected chi connectivity index (χ0v) is 6.34. The predicted octanol–water partition coefficient (Wildman–Crippen LogP) is 0.441. The molecule has 0 spiro atoms. The highest BCUT2D eigenvalue weighted by molar-refractivity contribution is 4.79. The monoisotopic (exact) mass is 145 g/mol. The van der Waals surface area contributed by atoms with Crippen molar-refractivity contribution >= 4 is 0 Å². The van der Waals surface area contributed by atoms with Gasteiger partial charge in [-0.15, -0.1) is 0 Å². The van der Waals surface area contributed by atoms with Crippen molar-refractivity contribution in [2.75, 3.05) is 6.61 Å². The summed E-state index contributed by atoms with van der Waals surface area (Å²) in [5, 5.41) is 9.27. The number of hydrogen-bond donors (Lipinski definition) is 2. The molecule has 1 aliphatic carbocycles. The largest absolute Gasteiger partial charge is 0.391 e. The molecule has 0 aromatic carbocycles. The van der Waals surface area contributed by atoms with Gasteiger partial charge in [0, 0.05) is 0 Å². The van der Waals surface area contributed by atoms with E-state index >= 15 is 0 Å². The van der Waals surface area contributed by atoms with Gasteiger partial charge in [0.1, 0.15) is 0 Å². The van der Waals surface area contributed by atoms with Crippen molar-refractivity contribution in [3.63, 3.8) is 0 Å². The second kappa shape index (κ2) is 3.91. The molecule has 0 aromatic heterocycles. The Labute approximate surface area is 61.3 Å². The van der Waals surface area contributed by atoms with E-state index in [4.69, 9.17) is 4.84 Å². The van der Waals surface area contributed by atoms with Crippen LogP contribution in [0.1, 0.15) is 26.2 Å².